The average molecular weight is 277 g/mol. The molecule has 0 aliphatic heterocycles. The minimum Gasteiger partial charge on any atom is -0.462 e. The SMILES string of the molecule is CCOC(=O)c1ccc(NCc2nccs2)c(N)c1. The molecule has 0 bridgehead atoms. The Morgan fingerprint density at radius 3 is 3.00 bits per heavy atom. The van der Waals surface area contributed by atoms with Crippen LogP contribution in [0.1, 0.15) is 22.3 Å². The highest BCUT2D eigenvalue weighted by atomic mass is 32.1. The first kappa shape index (κ1) is 13.4. The summed E-state index contributed by atoms with van der Waals surface area (Å²) in [7, 11) is 0. The Labute approximate surface area is 115 Å². The molecule has 100 valence electrons. The van der Waals surface area contributed by atoms with Gasteiger partial charge in [0.15, 0.2) is 0 Å². The number of nitrogens with zero attached hydrogens (tertiary/aromatic N) is 1. The lowest BCUT2D eigenvalue weighted by molar-refractivity contribution is 0.0526. The van der Waals surface area contributed by atoms with Crippen LogP contribution in [0.5, 0.6) is 0 Å². The van der Waals surface area contributed by atoms with E-state index in [2.05, 4.69) is 10.3 Å². The molecular formula is C13H15N3O2S. The third-order valence-corrected chi connectivity index (χ3v) is 3.26. The molecule has 0 spiro atoms. The quantitative estimate of drug-likeness (QED) is 0.648. The molecule has 3 N–H and O–H groups in total. The second-order valence-corrected chi connectivity index (χ2v) is 4.78. The van der Waals surface area contributed by atoms with Gasteiger partial charge in [-0.3, -0.25) is 0 Å². The molecule has 0 amide bonds. The van der Waals surface area contributed by atoms with E-state index >= 15 is 0 Å². The molecule has 2 rings (SSSR count). The van der Waals surface area contributed by atoms with Gasteiger partial charge >= 0.3 is 5.97 Å². The van der Waals surface area contributed by atoms with Gasteiger partial charge in [0, 0.05) is 11.6 Å². The Morgan fingerprint density at radius 1 is 1.53 bits per heavy atom. The minimum atomic E-state index is -0.360. The van der Waals surface area contributed by atoms with E-state index in [0.29, 0.717) is 24.4 Å². The summed E-state index contributed by atoms with van der Waals surface area (Å²) in [4.78, 5) is 15.7. The van der Waals surface area contributed by atoms with Crippen LogP contribution in [0.15, 0.2) is 29.8 Å². The molecule has 1 aromatic heterocycles. The highest BCUT2D eigenvalue weighted by Crippen LogP contribution is 2.21. The third-order valence-electron chi connectivity index (χ3n) is 2.48. The van der Waals surface area contributed by atoms with Crippen LogP contribution in [-0.2, 0) is 11.3 Å². The van der Waals surface area contributed by atoms with Gasteiger partial charge in [0.1, 0.15) is 5.01 Å². The monoisotopic (exact) mass is 277 g/mol. The molecule has 0 unspecified atom stereocenters. The van der Waals surface area contributed by atoms with E-state index in [1.165, 1.54) is 0 Å². The molecule has 1 heterocycles. The number of ether oxygens (including phenoxy) is 1. The summed E-state index contributed by atoms with van der Waals surface area (Å²) in [5.41, 5.74) is 7.66. The summed E-state index contributed by atoms with van der Waals surface area (Å²) in [6.45, 7) is 2.73. The van der Waals surface area contributed by atoms with E-state index in [1.807, 2.05) is 5.38 Å². The summed E-state index contributed by atoms with van der Waals surface area (Å²) in [6.07, 6.45) is 1.76. The number of nitrogens with two attached hydrogens (primary N) is 1. The largest absolute Gasteiger partial charge is 0.462 e. The number of aromatic nitrogens is 1. The first-order valence-electron chi connectivity index (χ1n) is 5.89. The van der Waals surface area contributed by atoms with Crippen LogP contribution in [0.2, 0.25) is 0 Å². The lowest BCUT2D eigenvalue weighted by atomic mass is 10.1. The van der Waals surface area contributed by atoms with E-state index in [0.717, 1.165) is 10.7 Å². The Bertz CT molecular complexity index is 555. The predicted molar refractivity (Wildman–Crippen MR) is 76.3 cm³/mol. The number of thiazole rings is 1. The minimum absolute atomic E-state index is 0.350. The number of nitrogen functional groups attached to an aromatic ring is 1. The molecule has 0 saturated heterocycles. The van der Waals surface area contributed by atoms with Gasteiger partial charge in [-0.05, 0) is 25.1 Å². The van der Waals surface area contributed by atoms with Crippen molar-refractivity contribution in [1.29, 1.82) is 0 Å². The van der Waals surface area contributed by atoms with Crippen LogP contribution in [0.25, 0.3) is 0 Å². The van der Waals surface area contributed by atoms with Crippen molar-refractivity contribution in [2.45, 2.75) is 13.5 Å². The van der Waals surface area contributed by atoms with Crippen molar-refractivity contribution in [3.05, 3.63) is 40.3 Å². The topological polar surface area (TPSA) is 77.2 Å². The molecule has 2 aromatic rings. The number of benzene rings is 1. The van der Waals surface area contributed by atoms with Crippen molar-refractivity contribution in [2.75, 3.05) is 17.7 Å². The lowest BCUT2D eigenvalue weighted by Gasteiger charge is -2.09. The smallest absolute Gasteiger partial charge is 0.338 e. The fraction of sp³-hybridized carbons (Fsp3) is 0.231. The Kier molecular flexibility index (Phi) is 4.35. The zero-order valence-electron chi connectivity index (χ0n) is 10.6. The van der Waals surface area contributed by atoms with E-state index in [-0.39, 0.29) is 5.97 Å². The normalized spacial score (nSPS) is 10.2. The molecule has 0 aliphatic rings. The number of hydrogen-bond acceptors (Lipinski definition) is 6. The average Bonchev–Trinajstić information content (AvgIpc) is 2.90. The van der Waals surface area contributed by atoms with E-state index < -0.39 is 0 Å². The fourth-order valence-electron chi connectivity index (χ4n) is 1.58. The number of carbonyl (C=O) groups excluding carboxylic acids is 1. The number of hydrogen-bond donors (Lipinski definition) is 2. The molecule has 6 heteroatoms. The number of esters is 1. The van der Waals surface area contributed by atoms with Crippen molar-refractivity contribution in [3.63, 3.8) is 0 Å². The summed E-state index contributed by atoms with van der Waals surface area (Å²) >= 11 is 1.57. The highest BCUT2D eigenvalue weighted by Gasteiger charge is 2.08. The van der Waals surface area contributed by atoms with Gasteiger partial charge in [-0.15, -0.1) is 11.3 Å². The standard InChI is InChI=1S/C13H15N3O2S/c1-2-18-13(17)9-3-4-11(10(14)7-9)16-8-12-15-5-6-19-12/h3-7,16H,2,8,14H2,1H3. The van der Waals surface area contributed by atoms with Gasteiger partial charge in [0.2, 0.25) is 0 Å². The van der Waals surface area contributed by atoms with Crippen LogP contribution in [0.4, 0.5) is 11.4 Å². The third kappa shape index (κ3) is 3.45. The zero-order valence-corrected chi connectivity index (χ0v) is 11.4. The number of carbonyl (C=O) groups is 1. The van der Waals surface area contributed by atoms with Gasteiger partial charge in [0.05, 0.1) is 30.1 Å². The second kappa shape index (κ2) is 6.19. The van der Waals surface area contributed by atoms with Gasteiger partial charge in [0.25, 0.3) is 0 Å². The molecule has 5 nitrogen and oxygen atoms in total. The Hall–Kier alpha value is -2.08. The van der Waals surface area contributed by atoms with Crippen molar-refractivity contribution < 1.29 is 9.53 Å². The van der Waals surface area contributed by atoms with Crippen LogP contribution in [0.3, 0.4) is 0 Å². The summed E-state index contributed by atoms with van der Waals surface area (Å²) < 4.78 is 4.92. The van der Waals surface area contributed by atoms with E-state index in [9.17, 15) is 4.79 Å². The van der Waals surface area contributed by atoms with Crippen LogP contribution in [0, 0.1) is 0 Å². The van der Waals surface area contributed by atoms with Crippen molar-refractivity contribution >= 4 is 28.7 Å². The highest BCUT2D eigenvalue weighted by molar-refractivity contribution is 7.09. The molecule has 19 heavy (non-hydrogen) atoms. The molecule has 0 saturated carbocycles. The fourth-order valence-corrected chi connectivity index (χ4v) is 2.13. The summed E-state index contributed by atoms with van der Waals surface area (Å²) in [6, 6.07) is 5.08. The van der Waals surface area contributed by atoms with Crippen molar-refractivity contribution in [1.82, 2.24) is 4.98 Å². The van der Waals surface area contributed by atoms with E-state index in [4.69, 9.17) is 10.5 Å². The van der Waals surface area contributed by atoms with Crippen LogP contribution >= 0.6 is 11.3 Å². The van der Waals surface area contributed by atoms with Crippen molar-refractivity contribution in [2.24, 2.45) is 0 Å². The number of anilines is 2. The maximum absolute atomic E-state index is 11.5. The summed E-state index contributed by atoms with van der Waals surface area (Å²) in [5.74, 6) is -0.360. The van der Waals surface area contributed by atoms with Crippen molar-refractivity contribution in [3.8, 4) is 0 Å². The molecular weight excluding hydrogens is 262 g/mol. The maximum atomic E-state index is 11.5. The van der Waals surface area contributed by atoms with Gasteiger partial charge in [-0.1, -0.05) is 0 Å². The molecule has 0 aliphatic carbocycles. The van der Waals surface area contributed by atoms with Crippen LogP contribution in [-0.4, -0.2) is 17.6 Å². The van der Waals surface area contributed by atoms with Gasteiger partial charge < -0.3 is 15.8 Å². The first-order chi connectivity index (χ1) is 9.20. The maximum Gasteiger partial charge on any atom is 0.338 e. The first-order valence-corrected chi connectivity index (χ1v) is 6.77. The molecule has 0 radical (unpaired) electrons. The van der Waals surface area contributed by atoms with E-state index in [1.54, 1.807) is 42.7 Å². The summed E-state index contributed by atoms with van der Waals surface area (Å²) in [5, 5.41) is 6.09. The van der Waals surface area contributed by atoms with Gasteiger partial charge in [-0.2, -0.15) is 0 Å². The second-order valence-electron chi connectivity index (χ2n) is 3.80. The van der Waals surface area contributed by atoms with Crippen LogP contribution < -0.4 is 11.1 Å². The molecule has 1 aromatic carbocycles. The molecule has 0 fully saturated rings. The number of rotatable bonds is 5. The number of nitrogens with one attached hydrogen (secondary N) is 1. The lowest BCUT2D eigenvalue weighted by Crippen LogP contribution is -2.07. The Morgan fingerprint density at radius 2 is 2.37 bits per heavy atom. The predicted octanol–water partition coefficient (Wildman–Crippen LogP) is 2.51. The molecule has 0 atom stereocenters. The zero-order chi connectivity index (χ0) is 13.7. The van der Waals surface area contributed by atoms with Gasteiger partial charge in [-0.25, -0.2) is 9.78 Å². The Balaban J connectivity index is 2.04.